The lowest BCUT2D eigenvalue weighted by atomic mass is 10.0. The smallest absolute Gasteiger partial charge is 0.270 e. The molecule has 2 heterocycles. The van der Waals surface area contributed by atoms with E-state index in [1.54, 1.807) is 4.90 Å². The Hall–Kier alpha value is -2.45. The molecule has 1 aliphatic heterocycles. The van der Waals surface area contributed by atoms with E-state index < -0.39 is 4.92 Å². The fourth-order valence-electron chi connectivity index (χ4n) is 3.64. The van der Waals surface area contributed by atoms with Gasteiger partial charge in [-0.05, 0) is 44.2 Å². The molecule has 2 fully saturated rings. The molecule has 1 saturated carbocycles. The lowest BCUT2D eigenvalue weighted by molar-refractivity contribution is -0.384. The molecule has 2 aromatic rings. The van der Waals surface area contributed by atoms with E-state index in [0.717, 1.165) is 25.3 Å². The number of nitro groups is 1. The third-order valence-electron chi connectivity index (χ3n) is 5.44. The number of nitrogens with zero attached hydrogens (tertiary/aromatic N) is 2. The summed E-state index contributed by atoms with van der Waals surface area (Å²) in [5, 5.41) is 15.1. The Kier molecular flexibility index (Phi) is 6.00. The summed E-state index contributed by atoms with van der Waals surface area (Å²) in [5.74, 6) is 0.579. The van der Waals surface area contributed by atoms with Crippen LogP contribution in [0.3, 0.4) is 0 Å². The number of aromatic amines is 1. The molecule has 9 heteroatoms. The molecule has 2 N–H and O–H groups in total. The zero-order valence-corrected chi connectivity index (χ0v) is 16.2. The van der Waals surface area contributed by atoms with Gasteiger partial charge < -0.3 is 15.2 Å². The minimum absolute atomic E-state index is 0. The molecule has 0 atom stereocenters. The van der Waals surface area contributed by atoms with Crippen molar-refractivity contribution in [2.45, 2.75) is 31.7 Å². The summed E-state index contributed by atoms with van der Waals surface area (Å²) >= 11 is 0. The highest BCUT2D eigenvalue weighted by molar-refractivity contribution is 6.06. The minimum atomic E-state index is -0.504. The number of benzene rings is 1. The fraction of sp³-hybridized carbons (Fsp3) is 0.474. The van der Waals surface area contributed by atoms with Crippen LogP contribution in [-0.2, 0) is 0 Å². The second-order valence-corrected chi connectivity index (χ2v) is 7.45. The zero-order valence-electron chi connectivity index (χ0n) is 15.3. The van der Waals surface area contributed by atoms with Crippen LogP contribution in [0.2, 0.25) is 0 Å². The summed E-state index contributed by atoms with van der Waals surface area (Å²) in [6.07, 6.45) is 4.37. The molecular weight excluding hydrogens is 384 g/mol. The minimum Gasteiger partial charge on any atom is -0.339 e. The topological polar surface area (TPSA) is 108 Å². The monoisotopic (exact) mass is 406 g/mol. The number of non-ortho nitro benzene ring substituents is 1. The molecule has 0 bridgehead atoms. The zero-order chi connectivity index (χ0) is 19.0. The Labute approximate surface area is 167 Å². The molecule has 8 nitrogen and oxygen atoms in total. The number of rotatable bonds is 5. The average Bonchev–Trinajstić information content (AvgIpc) is 3.49. The Bertz CT molecular complexity index is 949. The molecule has 4 rings (SSSR count). The standard InChI is InChI=1S/C19H22N4O4.ClH/c24-18-10-16(15-9-14(23(26)27)3-4-17(15)21-18)19(25)22-7-5-13(6-8-22)20-11-12-1-2-12;/h3-4,9-10,12-13,20H,1-2,5-8,11H2,(H,21,24);1H. The summed E-state index contributed by atoms with van der Waals surface area (Å²) in [6, 6.07) is 5.81. The number of aromatic nitrogens is 1. The summed E-state index contributed by atoms with van der Waals surface area (Å²) in [4.78, 5) is 39.9. The number of amides is 1. The number of likely N-dealkylation sites (tertiary alicyclic amines) is 1. The van der Waals surface area contributed by atoms with Gasteiger partial charge in [-0.25, -0.2) is 0 Å². The van der Waals surface area contributed by atoms with Crippen molar-refractivity contribution >= 4 is 34.9 Å². The van der Waals surface area contributed by atoms with E-state index in [2.05, 4.69) is 10.3 Å². The van der Waals surface area contributed by atoms with Crippen molar-refractivity contribution in [2.24, 2.45) is 5.92 Å². The molecular formula is C19H23ClN4O4. The number of nitrogens with one attached hydrogen (secondary N) is 2. The van der Waals surface area contributed by atoms with E-state index >= 15 is 0 Å². The van der Waals surface area contributed by atoms with Crippen molar-refractivity contribution in [3.63, 3.8) is 0 Å². The Morgan fingerprint density at radius 3 is 2.57 bits per heavy atom. The SMILES string of the molecule is Cl.O=C(c1cc(=O)[nH]c2ccc([N+](=O)[O-])cc12)N1CCC(NCC2CC2)CC1. The number of piperidine rings is 1. The van der Waals surface area contributed by atoms with Gasteiger partial charge >= 0.3 is 0 Å². The van der Waals surface area contributed by atoms with Crippen LogP contribution in [0.4, 0.5) is 5.69 Å². The van der Waals surface area contributed by atoms with Gasteiger partial charge in [-0.2, -0.15) is 0 Å². The van der Waals surface area contributed by atoms with E-state index in [1.807, 2.05) is 0 Å². The molecule has 0 unspecified atom stereocenters. The van der Waals surface area contributed by atoms with Gasteiger partial charge in [0.2, 0.25) is 5.56 Å². The third kappa shape index (κ3) is 4.34. The highest BCUT2D eigenvalue weighted by atomic mass is 35.5. The largest absolute Gasteiger partial charge is 0.339 e. The number of hydrogen-bond acceptors (Lipinski definition) is 5. The van der Waals surface area contributed by atoms with E-state index in [4.69, 9.17) is 0 Å². The Morgan fingerprint density at radius 2 is 1.93 bits per heavy atom. The van der Waals surface area contributed by atoms with Crippen LogP contribution in [0.25, 0.3) is 10.9 Å². The first kappa shape index (κ1) is 20.3. The van der Waals surface area contributed by atoms with Crippen LogP contribution in [-0.4, -0.2) is 46.4 Å². The molecule has 1 aliphatic carbocycles. The summed E-state index contributed by atoms with van der Waals surface area (Å²) in [6.45, 7) is 2.29. The van der Waals surface area contributed by atoms with Gasteiger partial charge in [-0.15, -0.1) is 12.4 Å². The Balaban J connectivity index is 0.00000225. The average molecular weight is 407 g/mol. The highest BCUT2D eigenvalue weighted by Gasteiger charge is 2.27. The van der Waals surface area contributed by atoms with Crippen molar-refractivity contribution in [3.8, 4) is 0 Å². The van der Waals surface area contributed by atoms with E-state index in [-0.39, 0.29) is 35.1 Å². The normalized spacial score (nSPS) is 17.4. The molecule has 0 radical (unpaired) electrons. The van der Waals surface area contributed by atoms with Crippen molar-refractivity contribution in [3.05, 3.63) is 50.3 Å². The molecule has 1 amide bonds. The van der Waals surface area contributed by atoms with Crippen LogP contribution in [0.1, 0.15) is 36.0 Å². The number of carbonyl (C=O) groups is 1. The van der Waals surface area contributed by atoms with Gasteiger partial charge in [0.15, 0.2) is 0 Å². The summed E-state index contributed by atoms with van der Waals surface area (Å²) in [7, 11) is 0. The molecule has 150 valence electrons. The summed E-state index contributed by atoms with van der Waals surface area (Å²) < 4.78 is 0. The maximum absolute atomic E-state index is 13.0. The number of fused-ring (bicyclic) bond motifs is 1. The second-order valence-electron chi connectivity index (χ2n) is 7.45. The summed E-state index contributed by atoms with van der Waals surface area (Å²) in [5.41, 5.74) is 0.159. The number of hydrogen-bond donors (Lipinski definition) is 2. The number of carbonyl (C=O) groups excluding carboxylic acids is 1. The lowest BCUT2D eigenvalue weighted by Gasteiger charge is -2.32. The van der Waals surface area contributed by atoms with Crippen molar-refractivity contribution < 1.29 is 9.72 Å². The van der Waals surface area contributed by atoms with E-state index in [9.17, 15) is 19.7 Å². The van der Waals surface area contributed by atoms with Gasteiger partial charge in [0.1, 0.15) is 0 Å². The quantitative estimate of drug-likeness (QED) is 0.585. The molecule has 1 saturated heterocycles. The van der Waals surface area contributed by atoms with Crippen molar-refractivity contribution in [1.82, 2.24) is 15.2 Å². The predicted molar refractivity (Wildman–Crippen MR) is 108 cm³/mol. The molecule has 1 aromatic carbocycles. The van der Waals surface area contributed by atoms with Crippen LogP contribution >= 0.6 is 12.4 Å². The van der Waals surface area contributed by atoms with Gasteiger partial charge in [0.05, 0.1) is 10.5 Å². The Morgan fingerprint density at radius 1 is 1.21 bits per heavy atom. The number of pyridine rings is 1. The molecule has 0 spiro atoms. The van der Waals surface area contributed by atoms with Crippen molar-refractivity contribution in [2.75, 3.05) is 19.6 Å². The van der Waals surface area contributed by atoms with Crippen LogP contribution in [0.5, 0.6) is 0 Å². The third-order valence-corrected chi connectivity index (χ3v) is 5.44. The molecule has 28 heavy (non-hydrogen) atoms. The van der Waals surface area contributed by atoms with Gasteiger partial charge in [-0.1, -0.05) is 0 Å². The highest BCUT2D eigenvalue weighted by Crippen LogP contribution is 2.28. The number of H-pyrrole nitrogens is 1. The van der Waals surface area contributed by atoms with E-state index in [0.29, 0.717) is 30.0 Å². The molecule has 2 aliphatic rings. The van der Waals surface area contributed by atoms with Crippen LogP contribution < -0.4 is 10.9 Å². The van der Waals surface area contributed by atoms with Gasteiger partial charge in [0.25, 0.3) is 11.6 Å². The maximum atomic E-state index is 13.0. The second kappa shape index (κ2) is 8.28. The maximum Gasteiger partial charge on any atom is 0.270 e. The van der Waals surface area contributed by atoms with E-state index in [1.165, 1.54) is 37.1 Å². The fourth-order valence-corrected chi connectivity index (χ4v) is 3.64. The first-order chi connectivity index (χ1) is 13.0. The number of halogens is 1. The van der Waals surface area contributed by atoms with Gasteiger partial charge in [0, 0.05) is 48.2 Å². The lowest BCUT2D eigenvalue weighted by Crippen LogP contribution is -2.45. The predicted octanol–water partition coefficient (Wildman–Crippen LogP) is 2.46. The van der Waals surface area contributed by atoms with Crippen molar-refractivity contribution in [1.29, 1.82) is 0 Å². The first-order valence-electron chi connectivity index (χ1n) is 9.35. The number of nitro benzene ring substituents is 1. The van der Waals surface area contributed by atoms with Crippen LogP contribution in [0.15, 0.2) is 29.1 Å². The van der Waals surface area contributed by atoms with Crippen LogP contribution in [0, 0.1) is 16.0 Å². The van der Waals surface area contributed by atoms with Gasteiger partial charge in [-0.3, -0.25) is 19.7 Å². The first-order valence-corrected chi connectivity index (χ1v) is 9.35. The molecule has 1 aromatic heterocycles.